The largest absolute Gasteiger partial charge is 0.461 e. The van der Waals surface area contributed by atoms with Crippen LogP contribution in [-0.2, 0) is 4.74 Å². The minimum absolute atomic E-state index is 0.00441. The number of carbonyl (C=O) groups excluding carboxylic acids is 2. The van der Waals surface area contributed by atoms with E-state index in [1.807, 2.05) is 0 Å². The third-order valence-corrected chi connectivity index (χ3v) is 3.41. The van der Waals surface area contributed by atoms with Crippen LogP contribution in [0.25, 0.3) is 5.65 Å². The molecule has 0 fully saturated rings. The molecule has 8 nitrogen and oxygen atoms in total. The zero-order valence-electron chi connectivity index (χ0n) is 12.0. The van der Waals surface area contributed by atoms with E-state index in [0.717, 1.165) is 4.68 Å². The summed E-state index contributed by atoms with van der Waals surface area (Å²) in [6.07, 6.45) is 1.31. The van der Waals surface area contributed by atoms with Gasteiger partial charge in [-0.15, -0.1) is 9.78 Å². The van der Waals surface area contributed by atoms with E-state index < -0.39 is 11.9 Å². The van der Waals surface area contributed by atoms with Crippen molar-refractivity contribution in [2.45, 2.75) is 6.92 Å². The first-order valence-electron chi connectivity index (χ1n) is 6.73. The van der Waals surface area contributed by atoms with Crippen molar-refractivity contribution in [3.63, 3.8) is 0 Å². The summed E-state index contributed by atoms with van der Waals surface area (Å²) < 4.78 is 7.28. The molecule has 3 rings (SSSR count). The highest BCUT2D eigenvalue weighted by Crippen LogP contribution is 2.09. The van der Waals surface area contributed by atoms with E-state index in [-0.39, 0.29) is 22.7 Å². The lowest BCUT2D eigenvalue weighted by atomic mass is 10.2. The van der Waals surface area contributed by atoms with Crippen molar-refractivity contribution in [1.29, 1.82) is 0 Å². The van der Waals surface area contributed by atoms with Crippen molar-refractivity contribution in [2.24, 2.45) is 0 Å². The summed E-state index contributed by atoms with van der Waals surface area (Å²) >= 11 is 5.24. The van der Waals surface area contributed by atoms with E-state index >= 15 is 0 Å². The number of hydrogen-bond donors (Lipinski definition) is 0. The molecule has 0 aliphatic rings. The third kappa shape index (κ3) is 2.61. The normalized spacial score (nSPS) is 10.7. The first-order chi connectivity index (χ1) is 11.1. The molecule has 0 amide bonds. The molecule has 0 bridgehead atoms. The minimum Gasteiger partial charge on any atom is -0.461 e. The van der Waals surface area contributed by atoms with Gasteiger partial charge in [-0.25, -0.2) is 9.78 Å². The van der Waals surface area contributed by atoms with Crippen LogP contribution in [0.15, 0.2) is 36.7 Å². The summed E-state index contributed by atoms with van der Waals surface area (Å²) in [6.45, 7) is 1.90. The smallest absolute Gasteiger partial charge is 0.360 e. The van der Waals surface area contributed by atoms with Gasteiger partial charge < -0.3 is 4.74 Å². The number of fused-ring (bicyclic) bond motifs is 1. The van der Waals surface area contributed by atoms with Crippen molar-refractivity contribution in [3.8, 4) is 0 Å². The molecule has 0 unspecified atom stereocenters. The predicted molar refractivity (Wildman–Crippen MR) is 81.7 cm³/mol. The van der Waals surface area contributed by atoms with Crippen LogP contribution in [0.1, 0.15) is 27.8 Å². The molecule has 3 aromatic rings. The van der Waals surface area contributed by atoms with Crippen LogP contribution in [0.4, 0.5) is 0 Å². The van der Waals surface area contributed by atoms with Gasteiger partial charge in [-0.3, -0.25) is 9.20 Å². The lowest BCUT2D eigenvalue weighted by Crippen LogP contribution is -2.20. The van der Waals surface area contributed by atoms with Crippen LogP contribution in [0.3, 0.4) is 0 Å². The van der Waals surface area contributed by atoms with Crippen molar-refractivity contribution in [3.05, 3.63) is 52.7 Å². The first kappa shape index (κ1) is 15.0. The van der Waals surface area contributed by atoms with Crippen LogP contribution < -0.4 is 0 Å². The van der Waals surface area contributed by atoms with E-state index in [2.05, 4.69) is 15.3 Å². The molecule has 2 aromatic heterocycles. The van der Waals surface area contributed by atoms with E-state index in [9.17, 15) is 9.59 Å². The number of rotatable bonds is 3. The fourth-order valence-electron chi connectivity index (χ4n) is 1.98. The second-order valence-electron chi connectivity index (χ2n) is 4.46. The number of ether oxygens (including phenoxy) is 1. The molecule has 0 aliphatic carbocycles. The SMILES string of the molecule is CCOC(=O)c1ncn2c(=S)n(C(=O)c3ccccc3)nnc12. The molecule has 1 aromatic carbocycles. The van der Waals surface area contributed by atoms with Crippen LogP contribution in [0.5, 0.6) is 0 Å². The zero-order valence-corrected chi connectivity index (χ0v) is 12.9. The Kier molecular flexibility index (Phi) is 3.94. The van der Waals surface area contributed by atoms with Gasteiger partial charge in [0.25, 0.3) is 5.91 Å². The van der Waals surface area contributed by atoms with Gasteiger partial charge in [0.15, 0.2) is 11.3 Å². The van der Waals surface area contributed by atoms with Crippen molar-refractivity contribution in [1.82, 2.24) is 24.4 Å². The quantitative estimate of drug-likeness (QED) is 0.531. The molecule has 2 heterocycles. The number of hydrogen-bond acceptors (Lipinski definition) is 7. The van der Waals surface area contributed by atoms with Crippen molar-refractivity contribution in [2.75, 3.05) is 6.61 Å². The Morgan fingerprint density at radius 3 is 2.70 bits per heavy atom. The second-order valence-corrected chi connectivity index (χ2v) is 4.83. The van der Waals surface area contributed by atoms with Crippen LogP contribution in [0.2, 0.25) is 0 Å². The molecule has 0 saturated heterocycles. The van der Waals surface area contributed by atoms with Crippen LogP contribution in [-0.4, -0.2) is 42.9 Å². The summed E-state index contributed by atoms with van der Waals surface area (Å²) in [7, 11) is 0. The Morgan fingerprint density at radius 1 is 1.26 bits per heavy atom. The molecule has 23 heavy (non-hydrogen) atoms. The lowest BCUT2D eigenvalue weighted by molar-refractivity contribution is 0.0522. The van der Waals surface area contributed by atoms with Crippen LogP contribution in [0, 0.1) is 4.77 Å². The molecule has 9 heteroatoms. The summed E-state index contributed by atoms with van der Waals surface area (Å²) in [4.78, 5) is 28.2. The van der Waals surface area contributed by atoms with Gasteiger partial charge in [0.1, 0.15) is 6.33 Å². The van der Waals surface area contributed by atoms with E-state index in [0.29, 0.717) is 5.56 Å². The lowest BCUT2D eigenvalue weighted by Gasteiger charge is -2.04. The van der Waals surface area contributed by atoms with Crippen molar-refractivity contribution < 1.29 is 14.3 Å². The van der Waals surface area contributed by atoms with Crippen LogP contribution >= 0.6 is 12.2 Å². The summed E-state index contributed by atoms with van der Waals surface area (Å²) in [5.74, 6) is -1.04. The van der Waals surface area contributed by atoms with E-state index in [1.165, 1.54) is 10.7 Å². The summed E-state index contributed by atoms with van der Waals surface area (Å²) in [6, 6.07) is 8.56. The Bertz CT molecular complexity index is 948. The highest BCUT2D eigenvalue weighted by atomic mass is 32.1. The zero-order chi connectivity index (χ0) is 16.4. The second kappa shape index (κ2) is 6.05. The van der Waals surface area contributed by atoms with Gasteiger partial charge in [-0.2, -0.15) is 0 Å². The molecular formula is C14H11N5O3S. The third-order valence-electron chi connectivity index (χ3n) is 3.04. The monoisotopic (exact) mass is 329 g/mol. The molecular weight excluding hydrogens is 318 g/mol. The first-order valence-corrected chi connectivity index (χ1v) is 7.14. The highest BCUT2D eigenvalue weighted by molar-refractivity contribution is 7.71. The highest BCUT2D eigenvalue weighted by Gasteiger charge is 2.19. The number of esters is 1. The summed E-state index contributed by atoms with van der Waals surface area (Å²) in [5, 5.41) is 7.68. The van der Waals surface area contributed by atoms with Gasteiger partial charge in [0.05, 0.1) is 6.61 Å². The Balaban J connectivity index is 2.09. The number of aromatic nitrogens is 5. The standard InChI is InChI=1S/C14H11N5O3S/c1-2-22-13(21)10-11-16-17-19(14(23)18(11)8-15-10)12(20)9-6-4-3-5-7-9/h3-8H,2H2,1H3. The summed E-state index contributed by atoms with van der Waals surface area (Å²) in [5.41, 5.74) is 0.568. The maximum Gasteiger partial charge on any atom is 0.360 e. The van der Waals surface area contributed by atoms with Gasteiger partial charge >= 0.3 is 5.97 Å². The average molecular weight is 329 g/mol. The Labute approximate surface area is 135 Å². The van der Waals surface area contributed by atoms with Gasteiger partial charge in [0.2, 0.25) is 4.77 Å². The fraction of sp³-hybridized carbons (Fsp3) is 0.143. The molecule has 0 atom stereocenters. The molecule has 0 N–H and O–H groups in total. The molecule has 116 valence electrons. The van der Waals surface area contributed by atoms with Gasteiger partial charge in [-0.1, -0.05) is 23.4 Å². The maximum atomic E-state index is 12.4. The number of imidazole rings is 1. The maximum absolute atomic E-state index is 12.4. The number of nitrogens with zero attached hydrogens (tertiary/aromatic N) is 5. The molecule has 0 aliphatic heterocycles. The predicted octanol–water partition coefficient (Wildman–Crippen LogP) is 1.52. The number of benzene rings is 1. The minimum atomic E-state index is -0.620. The molecule has 0 saturated carbocycles. The van der Waals surface area contributed by atoms with Gasteiger partial charge in [0, 0.05) is 5.56 Å². The van der Waals surface area contributed by atoms with Crippen molar-refractivity contribution >= 4 is 29.7 Å². The Morgan fingerprint density at radius 2 is 2.00 bits per heavy atom. The number of carbonyl (C=O) groups is 2. The van der Waals surface area contributed by atoms with Gasteiger partial charge in [-0.05, 0) is 31.3 Å². The Hall–Kier alpha value is -2.94. The van der Waals surface area contributed by atoms with E-state index in [4.69, 9.17) is 17.0 Å². The van der Waals surface area contributed by atoms with E-state index in [1.54, 1.807) is 37.3 Å². The molecule has 0 spiro atoms. The topological polar surface area (TPSA) is 91.4 Å². The average Bonchev–Trinajstić information content (AvgIpc) is 3.01. The molecule has 0 radical (unpaired) electrons. The fourth-order valence-corrected chi connectivity index (χ4v) is 2.23.